The minimum Gasteiger partial charge on any atom is -0.508 e. The largest absolute Gasteiger partial charge is 0.508 e. The molecule has 0 aliphatic heterocycles. The van der Waals surface area contributed by atoms with Crippen molar-refractivity contribution >= 4 is 27.4 Å². The smallest absolute Gasteiger partial charge is 0.147 e. The van der Waals surface area contributed by atoms with Crippen LogP contribution in [0.25, 0.3) is 10.2 Å². The first-order chi connectivity index (χ1) is 9.33. The summed E-state index contributed by atoms with van der Waals surface area (Å²) in [5.41, 5.74) is 2.16. The Balaban J connectivity index is 1.66. The summed E-state index contributed by atoms with van der Waals surface area (Å²) in [5, 5.41) is 14.6. The summed E-state index contributed by atoms with van der Waals surface area (Å²) in [6.45, 7) is 0.800. The number of hydrogen-bond donors (Lipinski definition) is 2. The summed E-state index contributed by atoms with van der Waals surface area (Å²) < 4.78 is 1.09. The van der Waals surface area contributed by atoms with E-state index in [1.807, 2.05) is 23.6 Å². The van der Waals surface area contributed by atoms with E-state index < -0.39 is 0 Å². The first-order valence-electron chi connectivity index (χ1n) is 6.03. The van der Waals surface area contributed by atoms with Crippen LogP contribution in [0.15, 0.2) is 42.0 Å². The summed E-state index contributed by atoms with van der Waals surface area (Å²) in [5.74, 6) is 1.19. The summed E-state index contributed by atoms with van der Waals surface area (Å²) in [6, 6.07) is 9.26. The van der Waals surface area contributed by atoms with Gasteiger partial charge in [-0.2, -0.15) is 0 Å². The Morgan fingerprint density at radius 3 is 2.79 bits per heavy atom. The van der Waals surface area contributed by atoms with Crippen molar-refractivity contribution in [1.82, 2.24) is 9.97 Å². The Hall–Kier alpha value is -2.14. The second-order valence-electron chi connectivity index (χ2n) is 4.20. The van der Waals surface area contributed by atoms with Crippen LogP contribution in [0.3, 0.4) is 0 Å². The third kappa shape index (κ3) is 2.66. The van der Waals surface area contributed by atoms with Crippen molar-refractivity contribution in [3.63, 3.8) is 0 Å². The van der Waals surface area contributed by atoms with Crippen LogP contribution < -0.4 is 5.32 Å². The zero-order valence-electron chi connectivity index (χ0n) is 10.2. The number of phenolic OH excluding ortho intramolecular Hbond substituents is 1. The first kappa shape index (κ1) is 11.9. The minimum absolute atomic E-state index is 0.299. The summed E-state index contributed by atoms with van der Waals surface area (Å²) in [6.07, 6.45) is 2.47. The number of rotatable bonds is 4. The highest BCUT2D eigenvalue weighted by Crippen LogP contribution is 2.24. The lowest BCUT2D eigenvalue weighted by molar-refractivity contribution is 0.475. The topological polar surface area (TPSA) is 58.0 Å². The van der Waals surface area contributed by atoms with Crippen molar-refractivity contribution in [2.45, 2.75) is 6.42 Å². The molecule has 0 radical (unpaired) electrons. The fourth-order valence-corrected chi connectivity index (χ4v) is 2.71. The van der Waals surface area contributed by atoms with E-state index in [1.54, 1.807) is 29.8 Å². The molecule has 19 heavy (non-hydrogen) atoms. The van der Waals surface area contributed by atoms with Crippen LogP contribution in [0, 0.1) is 0 Å². The Bertz CT molecular complexity index is 678. The van der Waals surface area contributed by atoms with Crippen molar-refractivity contribution < 1.29 is 5.11 Å². The van der Waals surface area contributed by atoms with E-state index in [9.17, 15) is 5.11 Å². The van der Waals surface area contributed by atoms with Gasteiger partial charge in [0.2, 0.25) is 0 Å². The maximum atomic E-state index is 9.22. The van der Waals surface area contributed by atoms with Crippen LogP contribution in [-0.4, -0.2) is 21.6 Å². The van der Waals surface area contributed by atoms with Crippen LogP contribution >= 0.6 is 11.3 Å². The molecule has 5 heteroatoms. The molecular formula is C14H13N3OS. The lowest BCUT2D eigenvalue weighted by Crippen LogP contribution is -2.06. The molecule has 1 aromatic carbocycles. The van der Waals surface area contributed by atoms with Crippen molar-refractivity contribution in [2.75, 3.05) is 11.9 Å². The van der Waals surface area contributed by atoms with Gasteiger partial charge in [0, 0.05) is 6.54 Å². The molecule has 0 saturated carbocycles. The van der Waals surface area contributed by atoms with Gasteiger partial charge in [0.15, 0.2) is 0 Å². The molecule has 4 nitrogen and oxygen atoms in total. The molecule has 2 heterocycles. The van der Waals surface area contributed by atoms with Crippen molar-refractivity contribution in [3.8, 4) is 5.75 Å². The number of nitrogens with one attached hydrogen (secondary N) is 1. The van der Waals surface area contributed by atoms with Crippen molar-refractivity contribution in [3.05, 3.63) is 47.6 Å². The molecule has 0 unspecified atom stereocenters. The van der Waals surface area contributed by atoms with E-state index in [0.29, 0.717) is 5.75 Å². The van der Waals surface area contributed by atoms with Gasteiger partial charge >= 0.3 is 0 Å². The van der Waals surface area contributed by atoms with Gasteiger partial charge in [0.05, 0.1) is 10.2 Å². The number of fused-ring (bicyclic) bond motifs is 1. The standard InChI is InChI=1S/C14H13N3OS/c18-11-3-1-10(2-4-11)5-7-15-14-13-12(6-8-19-13)16-9-17-14/h1-4,6,8-9,18H,5,7H2,(H,15,16,17). The molecule has 96 valence electrons. The third-order valence-electron chi connectivity index (χ3n) is 2.89. The second-order valence-corrected chi connectivity index (χ2v) is 5.12. The predicted molar refractivity (Wildman–Crippen MR) is 77.7 cm³/mol. The monoisotopic (exact) mass is 271 g/mol. The molecule has 0 fully saturated rings. The van der Waals surface area contributed by atoms with E-state index >= 15 is 0 Å². The maximum Gasteiger partial charge on any atom is 0.147 e. The molecule has 3 aromatic rings. The quantitative estimate of drug-likeness (QED) is 0.765. The molecule has 0 saturated heterocycles. The highest BCUT2D eigenvalue weighted by Gasteiger charge is 2.03. The van der Waals surface area contributed by atoms with Crippen molar-refractivity contribution in [1.29, 1.82) is 0 Å². The molecule has 0 aliphatic rings. The number of aromatic nitrogens is 2. The van der Waals surface area contributed by atoms with Gasteiger partial charge in [-0.3, -0.25) is 0 Å². The summed E-state index contributed by atoms with van der Waals surface area (Å²) in [7, 11) is 0. The Morgan fingerprint density at radius 1 is 1.11 bits per heavy atom. The van der Waals surface area contributed by atoms with Gasteiger partial charge in [-0.1, -0.05) is 12.1 Å². The zero-order valence-corrected chi connectivity index (χ0v) is 11.0. The summed E-state index contributed by atoms with van der Waals surface area (Å²) in [4.78, 5) is 8.48. The van der Waals surface area contributed by atoms with Gasteiger partial charge in [-0.15, -0.1) is 11.3 Å². The Labute approximate surface area is 114 Å². The predicted octanol–water partition coefficient (Wildman–Crippen LogP) is 3.05. The van der Waals surface area contributed by atoms with Crippen LogP contribution in [0.5, 0.6) is 5.75 Å². The first-order valence-corrected chi connectivity index (χ1v) is 6.91. The van der Waals surface area contributed by atoms with E-state index in [-0.39, 0.29) is 0 Å². The minimum atomic E-state index is 0.299. The number of hydrogen-bond acceptors (Lipinski definition) is 5. The normalized spacial score (nSPS) is 10.7. The average Bonchev–Trinajstić information content (AvgIpc) is 2.90. The Kier molecular flexibility index (Phi) is 3.29. The highest BCUT2D eigenvalue weighted by molar-refractivity contribution is 7.17. The maximum absolute atomic E-state index is 9.22. The third-order valence-corrected chi connectivity index (χ3v) is 3.80. The molecule has 0 bridgehead atoms. The summed E-state index contributed by atoms with van der Waals surface area (Å²) >= 11 is 1.64. The number of anilines is 1. The SMILES string of the molecule is Oc1ccc(CCNc2ncnc3ccsc23)cc1. The van der Waals surface area contributed by atoms with Gasteiger partial charge < -0.3 is 10.4 Å². The average molecular weight is 271 g/mol. The molecular weight excluding hydrogens is 258 g/mol. The lowest BCUT2D eigenvalue weighted by atomic mass is 10.1. The number of nitrogens with zero attached hydrogens (tertiary/aromatic N) is 2. The molecule has 0 aliphatic carbocycles. The Morgan fingerprint density at radius 2 is 1.95 bits per heavy atom. The zero-order chi connectivity index (χ0) is 13.1. The second kappa shape index (κ2) is 5.24. The van der Waals surface area contributed by atoms with E-state index in [4.69, 9.17) is 0 Å². The number of aromatic hydroxyl groups is 1. The number of phenols is 1. The molecule has 2 aromatic heterocycles. The van der Waals surface area contributed by atoms with Crippen LogP contribution in [0.4, 0.5) is 5.82 Å². The number of benzene rings is 1. The van der Waals surface area contributed by atoms with E-state index in [0.717, 1.165) is 29.0 Å². The highest BCUT2D eigenvalue weighted by atomic mass is 32.1. The molecule has 0 spiro atoms. The fourth-order valence-electron chi connectivity index (χ4n) is 1.90. The lowest BCUT2D eigenvalue weighted by Gasteiger charge is -2.06. The fraction of sp³-hybridized carbons (Fsp3) is 0.143. The number of thiophene rings is 1. The van der Waals surface area contributed by atoms with E-state index in [1.165, 1.54) is 5.56 Å². The molecule has 2 N–H and O–H groups in total. The molecule has 0 atom stereocenters. The van der Waals surface area contributed by atoms with Gasteiger partial charge in [0.1, 0.15) is 17.9 Å². The van der Waals surface area contributed by atoms with Crippen LogP contribution in [-0.2, 0) is 6.42 Å². The van der Waals surface area contributed by atoms with Gasteiger partial charge in [-0.05, 0) is 35.6 Å². The van der Waals surface area contributed by atoms with Crippen LogP contribution in [0.1, 0.15) is 5.56 Å². The van der Waals surface area contributed by atoms with Gasteiger partial charge in [0.25, 0.3) is 0 Å². The van der Waals surface area contributed by atoms with Crippen LogP contribution in [0.2, 0.25) is 0 Å². The van der Waals surface area contributed by atoms with E-state index in [2.05, 4.69) is 15.3 Å². The van der Waals surface area contributed by atoms with Gasteiger partial charge in [-0.25, -0.2) is 9.97 Å². The molecule has 0 amide bonds. The molecule has 3 rings (SSSR count). The van der Waals surface area contributed by atoms with Crippen molar-refractivity contribution in [2.24, 2.45) is 0 Å².